The molecule has 0 aliphatic carbocycles. The van der Waals surface area contributed by atoms with E-state index < -0.39 is 0 Å². The van der Waals surface area contributed by atoms with Crippen LogP contribution in [-0.2, 0) is 9.59 Å². The third-order valence-electron chi connectivity index (χ3n) is 2.66. The van der Waals surface area contributed by atoms with Crippen molar-refractivity contribution in [2.24, 2.45) is 0 Å². The van der Waals surface area contributed by atoms with Crippen molar-refractivity contribution in [3.8, 4) is 5.75 Å². The Balaban J connectivity index is 3.06. The van der Waals surface area contributed by atoms with Crippen molar-refractivity contribution in [2.75, 3.05) is 12.9 Å². The molecule has 0 aromatic heterocycles. The van der Waals surface area contributed by atoms with E-state index >= 15 is 0 Å². The van der Waals surface area contributed by atoms with Crippen LogP contribution >= 0.6 is 12.6 Å². The molecule has 98 valence electrons. The fraction of sp³-hybridized carbons (Fsp3) is 0.385. The summed E-state index contributed by atoms with van der Waals surface area (Å²) in [5.41, 5.74) is 0.858. The Morgan fingerprint density at radius 2 is 1.72 bits per heavy atom. The maximum atomic E-state index is 11.5. The molecule has 4 nitrogen and oxygen atoms in total. The predicted molar refractivity (Wildman–Crippen MR) is 72.8 cm³/mol. The molecule has 2 amide bonds. The van der Waals surface area contributed by atoms with E-state index in [1.54, 1.807) is 19.2 Å². The summed E-state index contributed by atoms with van der Waals surface area (Å²) < 4.78 is 5.07. The highest BCUT2D eigenvalue weighted by Gasteiger charge is 2.25. The Kier molecular flexibility index (Phi) is 5.22. The van der Waals surface area contributed by atoms with Crippen LogP contribution in [-0.4, -0.2) is 29.6 Å². The molecule has 0 aliphatic heterocycles. The topological polar surface area (TPSA) is 46.6 Å². The van der Waals surface area contributed by atoms with E-state index in [0.29, 0.717) is 5.75 Å². The maximum Gasteiger partial charge on any atom is 0.226 e. The molecule has 18 heavy (non-hydrogen) atoms. The van der Waals surface area contributed by atoms with Crippen molar-refractivity contribution in [3.63, 3.8) is 0 Å². The zero-order valence-electron chi connectivity index (χ0n) is 10.7. The van der Waals surface area contributed by atoms with E-state index in [2.05, 4.69) is 12.6 Å². The standard InChI is InChI=1S/C13H17NO3S/c1-9(15)14(10(2)16)13(8-18)11-4-6-12(17-3)7-5-11/h4-7,13,18H,8H2,1-3H3. The number of nitrogens with zero attached hydrogens (tertiary/aromatic N) is 1. The van der Waals surface area contributed by atoms with Gasteiger partial charge in [-0.15, -0.1) is 0 Å². The van der Waals surface area contributed by atoms with Crippen LogP contribution in [0.4, 0.5) is 0 Å². The van der Waals surface area contributed by atoms with Gasteiger partial charge in [0, 0.05) is 19.6 Å². The van der Waals surface area contributed by atoms with Gasteiger partial charge >= 0.3 is 0 Å². The zero-order chi connectivity index (χ0) is 13.7. The molecule has 5 heteroatoms. The second kappa shape index (κ2) is 6.44. The van der Waals surface area contributed by atoms with Gasteiger partial charge in [0.05, 0.1) is 13.2 Å². The maximum absolute atomic E-state index is 11.5. The molecule has 1 aromatic rings. The minimum Gasteiger partial charge on any atom is -0.497 e. The number of methoxy groups -OCH3 is 1. The van der Waals surface area contributed by atoms with Crippen molar-refractivity contribution >= 4 is 24.4 Å². The normalized spacial score (nSPS) is 11.8. The molecular formula is C13H17NO3S. The van der Waals surface area contributed by atoms with Gasteiger partial charge in [-0.05, 0) is 17.7 Å². The smallest absolute Gasteiger partial charge is 0.226 e. The van der Waals surface area contributed by atoms with Gasteiger partial charge in [0.15, 0.2) is 0 Å². The average molecular weight is 267 g/mol. The zero-order valence-corrected chi connectivity index (χ0v) is 11.6. The lowest BCUT2D eigenvalue weighted by Crippen LogP contribution is -2.37. The first-order valence-corrected chi connectivity index (χ1v) is 6.19. The van der Waals surface area contributed by atoms with Crippen LogP contribution in [0.25, 0.3) is 0 Å². The first-order valence-electron chi connectivity index (χ1n) is 5.56. The van der Waals surface area contributed by atoms with Gasteiger partial charge in [0.25, 0.3) is 0 Å². The van der Waals surface area contributed by atoms with Crippen LogP contribution < -0.4 is 4.74 Å². The van der Waals surface area contributed by atoms with Gasteiger partial charge in [0.2, 0.25) is 11.8 Å². The van der Waals surface area contributed by atoms with Gasteiger partial charge in [-0.1, -0.05) is 12.1 Å². The first kappa shape index (κ1) is 14.6. The van der Waals surface area contributed by atoms with Crippen molar-refractivity contribution < 1.29 is 14.3 Å². The molecule has 1 unspecified atom stereocenters. The Morgan fingerprint density at radius 1 is 1.22 bits per heavy atom. The van der Waals surface area contributed by atoms with Gasteiger partial charge in [-0.25, -0.2) is 0 Å². The molecule has 0 spiro atoms. The SMILES string of the molecule is COc1ccc(C(CS)N(C(C)=O)C(C)=O)cc1. The molecule has 1 aromatic carbocycles. The number of rotatable bonds is 4. The third kappa shape index (κ3) is 3.26. The number of thiol groups is 1. The summed E-state index contributed by atoms with van der Waals surface area (Å²) in [6.07, 6.45) is 0. The number of hydrogen-bond acceptors (Lipinski definition) is 4. The van der Waals surface area contributed by atoms with Crippen LogP contribution in [0.1, 0.15) is 25.5 Å². The molecular weight excluding hydrogens is 250 g/mol. The van der Waals surface area contributed by atoms with Crippen LogP contribution in [0.3, 0.4) is 0 Å². The Bertz CT molecular complexity index is 416. The number of benzene rings is 1. The van der Waals surface area contributed by atoms with Crippen molar-refractivity contribution in [3.05, 3.63) is 29.8 Å². The number of amides is 2. The molecule has 1 atom stereocenters. The van der Waals surface area contributed by atoms with Crippen LogP contribution in [0.15, 0.2) is 24.3 Å². The lowest BCUT2D eigenvalue weighted by atomic mass is 10.1. The summed E-state index contributed by atoms with van der Waals surface area (Å²) in [5.74, 6) is 0.550. The molecule has 0 aliphatic rings. The van der Waals surface area contributed by atoms with E-state index in [-0.39, 0.29) is 17.9 Å². The molecule has 1 rings (SSSR count). The number of imide groups is 1. The second-order valence-corrected chi connectivity index (χ2v) is 4.24. The second-order valence-electron chi connectivity index (χ2n) is 3.88. The van der Waals surface area contributed by atoms with Gasteiger partial charge in [-0.2, -0.15) is 12.6 Å². The quantitative estimate of drug-likeness (QED) is 0.849. The van der Waals surface area contributed by atoms with E-state index in [1.807, 2.05) is 12.1 Å². The molecule has 0 heterocycles. The largest absolute Gasteiger partial charge is 0.497 e. The lowest BCUT2D eigenvalue weighted by molar-refractivity contribution is -0.144. The molecule has 0 bridgehead atoms. The summed E-state index contributed by atoms with van der Waals surface area (Å²) in [7, 11) is 1.59. The average Bonchev–Trinajstić information content (AvgIpc) is 2.35. The Hall–Kier alpha value is -1.49. The van der Waals surface area contributed by atoms with Gasteiger partial charge in [0.1, 0.15) is 5.75 Å². The number of ether oxygens (including phenoxy) is 1. The van der Waals surface area contributed by atoms with Crippen molar-refractivity contribution in [1.82, 2.24) is 4.90 Å². The fourth-order valence-corrected chi connectivity index (χ4v) is 2.20. The molecule has 0 N–H and O–H groups in total. The number of carbonyl (C=O) groups is 2. The monoisotopic (exact) mass is 267 g/mol. The van der Waals surface area contributed by atoms with Crippen LogP contribution in [0, 0.1) is 0 Å². The Labute approximate surface area is 112 Å². The molecule has 0 saturated carbocycles. The lowest BCUT2D eigenvalue weighted by Gasteiger charge is -2.27. The van der Waals surface area contributed by atoms with Gasteiger partial charge in [-0.3, -0.25) is 14.5 Å². The van der Waals surface area contributed by atoms with Gasteiger partial charge < -0.3 is 4.74 Å². The Morgan fingerprint density at radius 3 is 2.06 bits per heavy atom. The molecule has 0 saturated heterocycles. The molecule has 0 radical (unpaired) electrons. The van der Waals surface area contributed by atoms with Crippen molar-refractivity contribution in [1.29, 1.82) is 0 Å². The number of hydrogen-bond donors (Lipinski definition) is 1. The molecule has 0 fully saturated rings. The van der Waals surface area contributed by atoms with Crippen LogP contribution in [0.5, 0.6) is 5.75 Å². The van der Waals surface area contributed by atoms with E-state index in [4.69, 9.17) is 4.74 Å². The minimum atomic E-state index is -0.353. The minimum absolute atomic E-state index is 0.280. The predicted octanol–water partition coefficient (Wildman–Crippen LogP) is 2.06. The van der Waals surface area contributed by atoms with Crippen LogP contribution in [0.2, 0.25) is 0 Å². The highest BCUT2D eigenvalue weighted by molar-refractivity contribution is 7.80. The highest BCUT2D eigenvalue weighted by atomic mass is 32.1. The van der Waals surface area contributed by atoms with E-state index in [0.717, 1.165) is 11.3 Å². The fourth-order valence-electron chi connectivity index (χ4n) is 1.82. The summed E-state index contributed by atoms with van der Waals surface area (Å²) in [5, 5.41) is 0. The summed E-state index contributed by atoms with van der Waals surface area (Å²) >= 11 is 4.23. The summed E-state index contributed by atoms with van der Waals surface area (Å²) in [4.78, 5) is 24.3. The first-order chi connectivity index (χ1) is 8.51. The summed E-state index contributed by atoms with van der Waals surface area (Å²) in [6, 6.07) is 6.90. The van der Waals surface area contributed by atoms with E-state index in [9.17, 15) is 9.59 Å². The van der Waals surface area contributed by atoms with Crippen molar-refractivity contribution in [2.45, 2.75) is 19.9 Å². The number of carbonyl (C=O) groups excluding carboxylic acids is 2. The highest BCUT2D eigenvalue weighted by Crippen LogP contribution is 2.24. The summed E-state index contributed by atoms with van der Waals surface area (Å²) in [6.45, 7) is 2.75. The van der Waals surface area contributed by atoms with E-state index in [1.165, 1.54) is 18.7 Å². The third-order valence-corrected chi connectivity index (χ3v) is 3.01.